The summed E-state index contributed by atoms with van der Waals surface area (Å²) in [5.41, 5.74) is 1.33. The monoisotopic (exact) mass is 490 g/mol. The van der Waals surface area contributed by atoms with Crippen molar-refractivity contribution in [1.82, 2.24) is 4.31 Å². The van der Waals surface area contributed by atoms with Crippen molar-refractivity contribution in [1.29, 1.82) is 0 Å². The Bertz CT molecular complexity index is 1210. The van der Waals surface area contributed by atoms with Crippen molar-refractivity contribution in [3.63, 3.8) is 0 Å². The first-order chi connectivity index (χ1) is 15.4. The van der Waals surface area contributed by atoms with Crippen LogP contribution in [0.5, 0.6) is 0 Å². The molecule has 0 atom stereocenters. The van der Waals surface area contributed by atoms with Crippen LogP contribution in [-0.2, 0) is 14.8 Å². The Balaban J connectivity index is 1.57. The number of ether oxygens (including phenoxy) is 1. The molecule has 3 heterocycles. The van der Waals surface area contributed by atoms with E-state index < -0.39 is 21.9 Å². The molecular weight excluding hydrogens is 468 g/mol. The fourth-order valence-electron chi connectivity index (χ4n) is 3.50. The van der Waals surface area contributed by atoms with E-state index in [0.717, 1.165) is 17.7 Å². The van der Waals surface area contributed by atoms with Crippen molar-refractivity contribution in [3.8, 4) is 10.4 Å². The number of benzene rings is 1. The lowest BCUT2D eigenvalue weighted by Crippen LogP contribution is -2.27. The lowest BCUT2D eigenvalue weighted by atomic mass is 10.1. The molecule has 1 N–H and O–H groups in total. The molecule has 0 spiro atoms. The number of amides is 1. The SMILES string of the molecule is CCOC(=O)c1c(-c2cccs2)csc1NC(=O)c1ccc(S(=O)(=O)N2CCCC2)cc1. The molecule has 168 valence electrons. The van der Waals surface area contributed by atoms with E-state index in [0.29, 0.717) is 34.8 Å². The summed E-state index contributed by atoms with van der Waals surface area (Å²) in [6, 6.07) is 9.65. The maximum absolute atomic E-state index is 12.8. The van der Waals surface area contributed by atoms with Crippen LogP contribution in [0.15, 0.2) is 52.1 Å². The highest BCUT2D eigenvalue weighted by molar-refractivity contribution is 7.89. The first-order valence-corrected chi connectivity index (χ1v) is 13.4. The van der Waals surface area contributed by atoms with Crippen molar-refractivity contribution in [3.05, 3.63) is 58.3 Å². The first kappa shape index (κ1) is 22.7. The van der Waals surface area contributed by atoms with Gasteiger partial charge >= 0.3 is 5.97 Å². The molecule has 0 unspecified atom stereocenters. The van der Waals surface area contributed by atoms with Gasteiger partial charge in [-0.15, -0.1) is 22.7 Å². The average Bonchev–Trinajstić information content (AvgIpc) is 3.55. The molecule has 4 rings (SSSR count). The number of nitrogens with one attached hydrogen (secondary N) is 1. The van der Waals surface area contributed by atoms with E-state index in [9.17, 15) is 18.0 Å². The third-order valence-electron chi connectivity index (χ3n) is 5.10. The van der Waals surface area contributed by atoms with Gasteiger partial charge in [0.1, 0.15) is 10.6 Å². The zero-order valence-electron chi connectivity index (χ0n) is 17.4. The van der Waals surface area contributed by atoms with Crippen LogP contribution in [0.4, 0.5) is 5.00 Å². The summed E-state index contributed by atoms with van der Waals surface area (Å²) in [5.74, 6) is -0.931. The standard InChI is InChI=1S/C22H22N2O5S3/c1-2-29-22(26)19-17(18-6-5-13-30-18)14-31-21(19)23-20(25)15-7-9-16(10-8-15)32(27,28)24-11-3-4-12-24/h5-10,13-14H,2-4,11-12H2,1H3,(H,23,25). The largest absolute Gasteiger partial charge is 0.462 e. The molecule has 1 saturated heterocycles. The number of nitrogens with zero attached hydrogens (tertiary/aromatic N) is 1. The Morgan fingerprint density at radius 1 is 1.09 bits per heavy atom. The molecule has 1 amide bonds. The predicted molar refractivity (Wildman–Crippen MR) is 126 cm³/mol. The van der Waals surface area contributed by atoms with E-state index in [-0.39, 0.29) is 11.5 Å². The van der Waals surface area contributed by atoms with Gasteiger partial charge in [0.15, 0.2) is 0 Å². The summed E-state index contributed by atoms with van der Waals surface area (Å²) in [5, 5.41) is 6.91. The summed E-state index contributed by atoms with van der Waals surface area (Å²) in [6.07, 6.45) is 1.72. The van der Waals surface area contributed by atoms with Gasteiger partial charge < -0.3 is 10.1 Å². The Kier molecular flexibility index (Phi) is 6.75. The molecule has 1 fully saturated rings. The van der Waals surface area contributed by atoms with E-state index in [1.807, 2.05) is 22.9 Å². The second-order valence-electron chi connectivity index (χ2n) is 7.14. The lowest BCUT2D eigenvalue weighted by molar-refractivity contribution is 0.0529. The maximum atomic E-state index is 12.8. The first-order valence-electron chi connectivity index (χ1n) is 10.2. The number of esters is 1. The van der Waals surface area contributed by atoms with Crippen molar-refractivity contribution in [2.75, 3.05) is 25.0 Å². The van der Waals surface area contributed by atoms with Crippen molar-refractivity contribution in [2.45, 2.75) is 24.7 Å². The molecule has 0 aliphatic carbocycles. The van der Waals surface area contributed by atoms with Gasteiger partial charge in [0, 0.05) is 34.5 Å². The number of rotatable bonds is 7. The number of carbonyl (C=O) groups is 2. The summed E-state index contributed by atoms with van der Waals surface area (Å²) in [6.45, 7) is 2.99. The second kappa shape index (κ2) is 9.53. The molecule has 7 nitrogen and oxygen atoms in total. The molecule has 1 aliphatic rings. The van der Waals surface area contributed by atoms with Crippen LogP contribution in [0, 0.1) is 0 Å². The molecule has 0 saturated carbocycles. The highest BCUT2D eigenvalue weighted by atomic mass is 32.2. The summed E-state index contributed by atoms with van der Waals surface area (Å²) in [7, 11) is -3.54. The molecule has 32 heavy (non-hydrogen) atoms. The molecular formula is C22H22N2O5S3. The van der Waals surface area contributed by atoms with Gasteiger partial charge in [-0.05, 0) is 55.5 Å². The van der Waals surface area contributed by atoms with Gasteiger partial charge in [-0.3, -0.25) is 4.79 Å². The van der Waals surface area contributed by atoms with Crippen LogP contribution < -0.4 is 5.32 Å². The third-order valence-corrected chi connectivity index (χ3v) is 8.82. The molecule has 3 aromatic rings. The van der Waals surface area contributed by atoms with Crippen LogP contribution in [0.1, 0.15) is 40.5 Å². The number of thiophene rings is 2. The Morgan fingerprint density at radius 3 is 2.44 bits per heavy atom. The minimum absolute atomic E-state index is 0.166. The average molecular weight is 491 g/mol. The van der Waals surface area contributed by atoms with Crippen LogP contribution in [-0.4, -0.2) is 44.3 Å². The van der Waals surface area contributed by atoms with Gasteiger partial charge in [0.2, 0.25) is 10.0 Å². The van der Waals surface area contributed by atoms with E-state index in [1.165, 1.54) is 51.2 Å². The van der Waals surface area contributed by atoms with Crippen LogP contribution in [0.25, 0.3) is 10.4 Å². The van der Waals surface area contributed by atoms with Crippen molar-refractivity contribution >= 4 is 49.6 Å². The van der Waals surface area contributed by atoms with E-state index in [1.54, 1.807) is 6.92 Å². The normalized spacial score (nSPS) is 14.4. The number of hydrogen-bond acceptors (Lipinski definition) is 7. The molecule has 1 aliphatic heterocycles. The Hall–Kier alpha value is -2.53. The Morgan fingerprint density at radius 2 is 1.81 bits per heavy atom. The zero-order valence-corrected chi connectivity index (χ0v) is 19.8. The molecule has 10 heteroatoms. The third kappa shape index (κ3) is 4.49. The number of hydrogen-bond donors (Lipinski definition) is 1. The van der Waals surface area contributed by atoms with Gasteiger partial charge in [-0.25, -0.2) is 13.2 Å². The maximum Gasteiger partial charge on any atom is 0.341 e. The lowest BCUT2D eigenvalue weighted by Gasteiger charge is -2.15. The topological polar surface area (TPSA) is 92.8 Å². The fraction of sp³-hybridized carbons (Fsp3) is 0.273. The van der Waals surface area contributed by atoms with Gasteiger partial charge in [-0.1, -0.05) is 6.07 Å². The van der Waals surface area contributed by atoms with Gasteiger partial charge in [0.05, 0.1) is 11.5 Å². The van der Waals surface area contributed by atoms with Crippen molar-refractivity contribution < 1.29 is 22.7 Å². The molecule has 0 bridgehead atoms. The molecule has 2 aromatic heterocycles. The van der Waals surface area contributed by atoms with E-state index >= 15 is 0 Å². The summed E-state index contributed by atoms with van der Waals surface area (Å²) < 4.78 is 32.0. The number of carbonyl (C=O) groups excluding carboxylic acids is 2. The molecule has 0 radical (unpaired) electrons. The second-order valence-corrected chi connectivity index (χ2v) is 10.9. The zero-order chi connectivity index (χ0) is 22.7. The smallest absolute Gasteiger partial charge is 0.341 e. The van der Waals surface area contributed by atoms with Crippen LogP contribution >= 0.6 is 22.7 Å². The number of sulfonamides is 1. The Labute approximate surface area is 194 Å². The minimum Gasteiger partial charge on any atom is -0.462 e. The fourth-order valence-corrected chi connectivity index (χ4v) is 6.78. The quantitative estimate of drug-likeness (QED) is 0.485. The summed E-state index contributed by atoms with van der Waals surface area (Å²) in [4.78, 5) is 26.5. The van der Waals surface area contributed by atoms with Crippen molar-refractivity contribution in [2.24, 2.45) is 0 Å². The minimum atomic E-state index is -3.54. The molecule has 1 aromatic carbocycles. The van der Waals surface area contributed by atoms with E-state index in [4.69, 9.17) is 4.74 Å². The van der Waals surface area contributed by atoms with Crippen LogP contribution in [0.3, 0.4) is 0 Å². The highest BCUT2D eigenvalue weighted by Crippen LogP contribution is 2.38. The van der Waals surface area contributed by atoms with Crippen LogP contribution in [0.2, 0.25) is 0 Å². The number of anilines is 1. The van der Waals surface area contributed by atoms with Gasteiger partial charge in [-0.2, -0.15) is 4.31 Å². The van der Waals surface area contributed by atoms with Gasteiger partial charge in [0.25, 0.3) is 5.91 Å². The summed E-state index contributed by atoms with van der Waals surface area (Å²) >= 11 is 2.74. The predicted octanol–water partition coefficient (Wildman–Crippen LogP) is 4.69. The van der Waals surface area contributed by atoms with E-state index in [2.05, 4.69) is 5.32 Å². The highest BCUT2D eigenvalue weighted by Gasteiger charge is 2.27.